The third kappa shape index (κ3) is 4.18. The second kappa shape index (κ2) is 8.62. The fourth-order valence-electron chi connectivity index (χ4n) is 4.02. The Kier molecular flexibility index (Phi) is 5.88. The Bertz CT molecular complexity index is 1210. The molecule has 0 amide bonds. The van der Waals surface area contributed by atoms with Gasteiger partial charge in [-0.15, -0.1) is 0 Å². The van der Waals surface area contributed by atoms with Crippen LogP contribution in [0.15, 0.2) is 71.7 Å². The van der Waals surface area contributed by atoms with E-state index in [0.29, 0.717) is 23.5 Å². The molecule has 3 atom stereocenters. The van der Waals surface area contributed by atoms with E-state index in [4.69, 9.17) is 9.47 Å². The summed E-state index contributed by atoms with van der Waals surface area (Å²) >= 11 is 0. The van der Waals surface area contributed by atoms with Crippen LogP contribution in [0.2, 0.25) is 0 Å². The normalized spacial score (nSPS) is 20.0. The number of pyridine rings is 1. The molecule has 6 heteroatoms. The zero-order valence-corrected chi connectivity index (χ0v) is 18.4. The van der Waals surface area contributed by atoms with Crippen LogP contribution < -0.4 is 10.3 Å². The second-order valence-corrected chi connectivity index (χ2v) is 8.60. The summed E-state index contributed by atoms with van der Waals surface area (Å²) in [5, 5.41) is 20.4. The lowest BCUT2D eigenvalue weighted by Gasteiger charge is -2.42. The number of aliphatic hydroxyl groups excluding tert-OH is 1. The SMILES string of the molecule is CC(OCc1ccccc1)c1ccn([C@H]2c3cc(C#N)ccc3OC(C)(C)[C@@H]2O)c(=O)c1. The summed E-state index contributed by atoms with van der Waals surface area (Å²) in [6, 6.07) is 19.7. The summed E-state index contributed by atoms with van der Waals surface area (Å²) in [4.78, 5) is 13.1. The van der Waals surface area contributed by atoms with Crippen molar-refractivity contribution in [1.82, 2.24) is 4.57 Å². The zero-order valence-electron chi connectivity index (χ0n) is 18.4. The first-order chi connectivity index (χ1) is 15.3. The minimum Gasteiger partial charge on any atom is -0.485 e. The number of benzene rings is 2. The highest BCUT2D eigenvalue weighted by Gasteiger charge is 2.44. The van der Waals surface area contributed by atoms with Gasteiger partial charge in [0.25, 0.3) is 5.56 Å². The minimum atomic E-state index is -0.987. The maximum atomic E-state index is 13.1. The topological polar surface area (TPSA) is 84.5 Å². The molecule has 0 radical (unpaired) electrons. The predicted molar refractivity (Wildman–Crippen MR) is 120 cm³/mol. The summed E-state index contributed by atoms with van der Waals surface area (Å²) < 4.78 is 13.4. The number of nitriles is 1. The Morgan fingerprint density at radius 2 is 1.94 bits per heavy atom. The molecule has 1 aliphatic rings. The molecule has 0 bridgehead atoms. The number of hydrogen-bond acceptors (Lipinski definition) is 5. The van der Waals surface area contributed by atoms with Gasteiger partial charge >= 0.3 is 0 Å². The van der Waals surface area contributed by atoms with Crippen molar-refractivity contribution in [1.29, 1.82) is 5.26 Å². The summed E-state index contributed by atoms with van der Waals surface area (Å²) in [6.07, 6.45) is 0.420. The molecule has 6 nitrogen and oxygen atoms in total. The van der Waals surface area contributed by atoms with Crippen LogP contribution in [0.25, 0.3) is 0 Å². The van der Waals surface area contributed by atoms with Gasteiger partial charge in [0.15, 0.2) is 0 Å². The van der Waals surface area contributed by atoms with Gasteiger partial charge in [0.1, 0.15) is 17.5 Å². The first-order valence-electron chi connectivity index (χ1n) is 10.6. The van der Waals surface area contributed by atoms with Crippen LogP contribution in [0.5, 0.6) is 5.75 Å². The molecule has 3 aromatic rings. The van der Waals surface area contributed by atoms with E-state index < -0.39 is 17.7 Å². The summed E-state index contributed by atoms with van der Waals surface area (Å²) in [7, 11) is 0. The lowest BCUT2D eigenvalue weighted by atomic mass is 9.85. The van der Waals surface area contributed by atoms with Gasteiger partial charge in [-0.05, 0) is 56.2 Å². The van der Waals surface area contributed by atoms with E-state index in [1.54, 1.807) is 44.3 Å². The Morgan fingerprint density at radius 1 is 1.19 bits per heavy atom. The number of hydrogen-bond donors (Lipinski definition) is 1. The molecule has 0 aliphatic carbocycles. The van der Waals surface area contributed by atoms with Crippen molar-refractivity contribution in [3.8, 4) is 11.8 Å². The van der Waals surface area contributed by atoms with Crippen LogP contribution >= 0.6 is 0 Å². The Labute approximate surface area is 187 Å². The van der Waals surface area contributed by atoms with E-state index in [2.05, 4.69) is 6.07 Å². The van der Waals surface area contributed by atoms with E-state index in [1.807, 2.05) is 43.3 Å². The van der Waals surface area contributed by atoms with Crippen molar-refractivity contribution in [2.24, 2.45) is 0 Å². The number of nitrogens with zero attached hydrogens (tertiary/aromatic N) is 2. The molecular weight excluding hydrogens is 404 g/mol. The molecular formula is C26H26N2O4. The van der Waals surface area contributed by atoms with E-state index >= 15 is 0 Å². The van der Waals surface area contributed by atoms with Gasteiger partial charge in [-0.1, -0.05) is 30.3 Å². The number of ether oxygens (including phenoxy) is 2. The van der Waals surface area contributed by atoms with Crippen LogP contribution in [0.3, 0.4) is 0 Å². The van der Waals surface area contributed by atoms with Crippen molar-refractivity contribution in [2.45, 2.75) is 51.2 Å². The van der Waals surface area contributed by atoms with Crippen LogP contribution in [-0.2, 0) is 11.3 Å². The molecule has 0 spiro atoms. The highest BCUT2D eigenvalue weighted by atomic mass is 16.5. The van der Waals surface area contributed by atoms with Crippen LogP contribution in [0.1, 0.15) is 55.2 Å². The summed E-state index contributed by atoms with van der Waals surface area (Å²) in [6.45, 7) is 5.92. The van der Waals surface area contributed by atoms with Crippen LogP contribution in [0.4, 0.5) is 0 Å². The van der Waals surface area contributed by atoms with E-state index in [1.165, 1.54) is 4.57 Å². The molecule has 0 fully saturated rings. The fraction of sp³-hybridized carbons (Fsp3) is 0.308. The molecule has 4 rings (SSSR count). The minimum absolute atomic E-state index is 0.257. The van der Waals surface area contributed by atoms with E-state index in [9.17, 15) is 15.2 Å². The number of aromatic nitrogens is 1. The molecule has 32 heavy (non-hydrogen) atoms. The fourth-order valence-corrected chi connectivity index (χ4v) is 4.02. The third-order valence-corrected chi connectivity index (χ3v) is 5.93. The lowest BCUT2D eigenvalue weighted by Crippen LogP contribution is -2.52. The molecule has 1 unspecified atom stereocenters. The maximum Gasteiger partial charge on any atom is 0.251 e. The molecule has 0 saturated carbocycles. The Hall–Kier alpha value is -3.40. The molecule has 1 aliphatic heterocycles. The van der Waals surface area contributed by atoms with E-state index in [-0.39, 0.29) is 11.7 Å². The van der Waals surface area contributed by atoms with Gasteiger partial charge in [0, 0.05) is 17.8 Å². The van der Waals surface area contributed by atoms with Crippen molar-refractivity contribution < 1.29 is 14.6 Å². The van der Waals surface area contributed by atoms with Crippen molar-refractivity contribution >= 4 is 0 Å². The molecule has 2 aromatic carbocycles. The summed E-state index contributed by atoms with van der Waals surface area (Å²) in [5.41, 5.74) is 1.71. The monoisotopic (exact) mass is 430 g/mol. The quantitative estimate of drug-likeness (QED) is 0.658. The van der Waals surface area contributed by atoms with Gasteiger partial charge in [-0.25, -0.2) is 0 Å². The second-order valence-electron chi connectivity index (χ2n) is 8.60. The van der Waals surface area contributed by atoms with Crippen molar-refractivity contribution in [2.75, 3.05) is 0 Å². The number of aliphatic hydroxyl groups is 1. The smallest absolute Gasteiger partial charge is 0.251 e. The lowest BCUT2D eigenvalue weighted by molar-refractivity contribution is -0.0643. The van der Waals surface area contributed by atoms with Gasteiger partial charge in [-0.3, -0.25) is 4.79 Å². The highest BCUT2D eigenvalue weighted by Crippen LogP contribution is 2.41. The zero-order chi connectivity index (χ0) is 22.9. The van der Waals surface area contributed by atoms with Gasteiger partial charge in [-0.2, -0.15) is 5.26 Å². The van der Waals surface area contributed by atoms with Crippen LogP contribution in [0, 0.1) is 11.3 Å². The molecule has 1 N–H and O–H groups in total. The highest BCUT2D eigenvalue weighted by molar-refractivity contribution is 5.46. The average molecular weight is 431 g/mol. The molecule has 0 saturated heterocycles. The van der Waals surface area contributed by atoms with Crippen molar-refractivity contribution in [3.05, 3.63) is 99.5 Å². The Balaban J connectivity index is 1.65. The molecule has 2 heterocycles. The average Bonchev–Trinajstić information content (AvgIpc) is 2.79. The number of fused-ring (bicyclic) bond motifs is 1. The molecule has 164 valence electrons. The third-order valence-electron chi connectivity index (χ3n) is 5.93. The van der Waals surface area contributed by atoms with Gasteiger partial charge in [0.2, 0.25) is 0 Å². The first kappa shape index (κ1) is 21.8. The largest absolute Gasteiger partial charge is 0.485 e. The standard InChI is InChI=1S/C26H26N2O4/c1-17(31-16-18-7-5-4-6-8-18)20-11-12-28(23(29)14-20)24-21-13-19(15-27)9-10-22(21)32-26(2,3)25(24)30/h4-14,17,24-25,30H,16H2,1-3H3/t17?,24-,25+/m0/s1. The van der Waals surface area contributed by atoms with Gasteiger partial charge in [0.05, 0.1) is 30.4 Å². The Morgan fingerprint density at radius 3 is 2.62 bits per heavy atom. The molecule has 1 aromatic heterocycles. The van der Waals surface area contributed by atoms with Gasteiger partial charge < -0.3 is 19.1 Å². The van der Waals surface area contributed by atoms with Crippen LogP contribution in [-0.4, -0.2) is 21.4 Å². The predicted octanol–water partition coefficient (Wildman–Crippen LogP) is 4.12. The number of rotatable bonds is 5. The summed E-state index contributed by atoms with van der Waals surface area (Å²) in [5.74, 6) is 0.555. The van der Waals surface area contributed by atoms with Crippen molar-refractivity contribution in [3.63, 3.8) is 0 Å². The maximum absolute atomic E-state index is 13.1. The van der Waals surface area contributed by atoms with E-state index in [0.717, 1.165) is 11.1 Å². The first-order valence-corrected chi connectivity index (χ1v) is 10.6.